The number of nitrogens with zero attached hydrogens (tertiary/aromatic N) is 2. The zero-order chi connectivity index (χ0) is 7.68. The summed E-state index contributed by atoms with van der Waals surface area (Å²) in [4.78, 5) is 0. The molecule has 1 aliphatic rings. The second-order valence-corrected chi connectivity index (χ2v) is 3.27. The molecule has 1 aliphatic carbocycles. The lowest BCUT2D eigenvalue weighted by Gasteiger charge is -2.23. The van der Waals surface area contributed by atoms with E-state index in [0.717, 1.165) is 12.3 Å². The molecule has 1 aromatic rings. The molecule has 60 valence electrons. The van der Waals surface area contributed by atoms with Crippen molar-refractivity contribution < 1.29 is 4.42 Å². The van der Waals surface area contributed by atoms with Crippen molar-refractivity contribution in [2.24, 2.45) is 5.92 Å². The van der Waals surface area contributed by atoms with Crippen LogP contribution >= 0.6 is 11.6 Å². The van der Waals surface area contributed by atoms with Gasteiger partial charge in [-0.2, -0.15) is 0 Å². The van der Waals surface area contributed by atoms with Crippen molar-refractivity contribution in [3.05, 3.63) is 11.2 Å². The van der Waals surface area contributed by atoms with Gasteiger partial charge in [-0.1, -0.05) is 11.5 Å². The standard InChI is InChI=1S/C7H9ClN2O/c8-7-10-9-6(11-7)4-5-2-1-3-5/h5H,1-4H2. The molecule has 0 aromatic carbocycles. The normalized spacial score (nSPS) is 18.3. The van der Waals surface area contributed by atoms with Gasteiger partial charge in [-0.3, -0.25) is 0 Å². The van der Waals surface area contributed by atoms with E-state index >= 15 is 0 Å². The molecule has 1 aromatic heterocycles. The highest BCUT2D eigenvalue weighted by molar-refractivity contribution is 6.27. The smallest absolute Gasteiger partial charge is 0.312 e. The van der Waals surface area contributed by atoms with Crippen LogP contribution in [0.2, 0.25) is 5.35 Å². The maximum atomic E-state index is 5.46. The molecule has 0 amide bonds. The fraction of sp³-hybridized carbons (Fsp3) is 0.714. The van der Waals surface area contributed by atoms with Crippen molar-refractivity contribution in [1.29, 1.82) is 0 Å². The summed E-state index contributed by atoms with van der Waals surface area (Å²) >= 11 is 5.46. The van der Waals surface area contributed by atoms with E-state index in [0.29, 0.717) is 5.89 Å². The van der Waals surface area contributed by atoms with Crippen LogP contribution in [0.15, 0.2) is 4.42 Å². The van der Waals surface area contributed by atoms with Gasteiger partial charge in [-0.25, -0.2) is 0 Å². The highest BCUT2D eigenvalue weighted by Gasteiger charge is 2.20. The quantitative estimate of drug-likeness (QED) is 0.686. The molecule has 1 saturated carbocycles. The first-order valence-electron chi connectivity index (χ1n) is 3.82. The molecule has 0 radical (unpaired) electrons. The van der Waals surface area contributed by atoms with E-state index < -0.39 is 0 Å². The Bertz CT molecular complexity index is 244. The third-order valence-electron chi connectivity index (χ3n) is 2.13. The van der Waals surface area contributed by atoms with Crippen LogP contribution in [-0.4, -0.2) is 10.2 Å². The number of hydrogen-bond acceptors (Lipinski definition) is 3. The Morgan fingerprint density at radius 2 is 2.27 bits per heavy atom. The van der Waals surface area contributed by atoms with Crippen LogP contribution < -0.4 is 0 Å². The van der Waals surface area contributed by atoms with Crippen molar-refractivity contribution in [3.8, 4) is 0 Å². The first kappa shape index (κ1) is 7.10. The molecule has 0 bridgehead atoms. The highest BCUT2D eigenvalue weighted by atomic mass is 35.5. The Hall–Kier alpha value is -0.570. The Morgan fingerprint density at radius 1 is 1.45 bits per heavy atom. The minimum atomic E-state index is 0.152. The lowest BCUT2D eigenvalue weighted by Crippen LogP contribution is -2.13. The fourth-order valence-corrected chi connectivity index (χ4v) is 1.39. The summed E-state index contributed by atoms with van der Waals surface area (Å²) in [5.74, 6) is 1.44. The molecule has 0 N–H and O–H groups in total. The molecular formula is C7H9ClN2O. The average molecular weight is 173 g/mol. The van der Waals surface area contributed by atoms with Crippen molar-refractivity contribution in [2.75, 3.05) is 0 Å². The van der Waals surface area contributed by atoms with E-state index in [9.17, 15) is 0 Å². The number of aromatic nitrogens is 2. The van der Waals surface area contributed by atoms with Crippen LogP contribution in [0.1, 0.15) is 25.2 Å². The van der Waals surface area contributed by atoms with Gasteiger partial charge in [0.15, 0.2) is 0 Å². The van der Waals surface area contributed by atoms with Gasteiger partial charge in [-0.05, 0) is 30.4 Å². The van der Waals surface area contributed by atoms with Gasteiger partial charge < -0.3 is 4.42 Å². The van der Waals surface area contributed by atoms with Gasteiger partial charge in [0.1, 0.15) is 0 Å². The molecule has 0 aliphatic heterocycles. The van der Waals surface area contributed by atoms with Gasteiger partial charge in [0.05, 0.1) is 0 Å². The van der Waals surface area contributed by atoms with Crippen LogP contribution in [0, 0.1) is 5.92 Å². The van der Waals surface area contributed by atoms with Crippen LogP contribution in [0.25, 0.3) is 0 Å². The van der Waals surface area contributed by atoms with Gasteiger partial charge in [0, 0.05) is 6.42 Å². The first-order chi connectivity index (χ1) is 5.34. The summed E-state index contributed by atoms with van der Waals surface area (Å²) in [5.41, 5.74) is 0. The SMILES string of the molecule is Clc1nnc(CC2CCC2)o1. The van der Waals surface area contributed by atoms with Gasteiger partial charge in [-0.15, -0.1) is 5.10 Å². The molecular weight excluding hydrogens is 164 g/mol. The van der Waals surface area contributed by atoms with Crippen LogP contribution in [0.4, 0.5) is 0 Å². The fourth-order valence-electron chi connectivity index (χ4n) is 1.26. The van der Waals surface area contributed by atoms with Gasteiger partial charge >= 0.3 is 5.35 Å². The summed E-state index contributed by atoms with van der Waals surface area (Å²) < 4.78 is 5.03. The monoisotopic (exact) mass is 172 g/mol. The third-order valence-corrected chi connectivity index (χ3v) is 2.28. The van der Waals surface area contributed by atoms with Crippen molar-refractivity contribution >= 4 is 11.6 Å². The largest absolute Gasteiger partial charge is 0.412 e. The molecule has 0 spiro atoms. The van der Waals surface area contributed by atoms with E-state index in [1.165, 1.54) is 19.3 Å². The zero-order valence-corrected chi connectivity index (χ0v) is 6.84. The average Bonchev–Trinajstić information content (AvgIpc) is 2.27. The van der Waals surface area contributed by atoms with Crippen molar-refractivity contribution in [2.45, 2.75) is 25.7 Å². The molecule has 1 fully saturated rings. The highest BCUT2D eigenvalue weighted by Crippen LogP contribution is 2.29. The number of halogens is 1. The molecule has 1 heterocycles. The van der Waals surface area contributed by atoms with Gasteiger partial charge in [0.25, 0.3) is 0 Å². The lowest BCUT2D eigenvalue weighted by molar-refractivity contribution is 0.290. The summed E-state index contributed by atoms with van der Waals surface area (Å²) in [6.45, 7) is 0. The van der Waals surface area contributed by atoms with E-state index in [4.69, 9.17) is 16.0 Å². The lowest BCUT2D eigenvalue weighted by atomic mass is 9.83. The van der Waals surface area contributed by atoms with Gasteiger partial charge in [0.2, 0.25) is 5.89 Å². The first-order valence-corrected chi connectivity index (χ1v) is 4.20. The second kappa shape index (κ2) is 2.81. The summed E-state index contributed by atoms with van der Waals surface area (Å²) in [6, 6.07) is 0. The summed E-state index contributed by atoms with van der Waals surface area (Å²) in [6.07, 6.45) is 4.83. The predicted octanol–water partition coefficient (Wildman–Crippen LogP) is 2.07. The number of rotatable bonds is 2. The molecule has 3 nitrogen and oxygen atoms in total. The van der Waals surface area contributed by atoms with E-state index in [2.05, 4.69) is 10.2 Å². The maximum absolute atomic E-state index is 5.46. The molecule has 0 saturated heterocycles. The molecule has 11 heavy (non-hydrogen) atoms. The number of hydrogen-bond donors (Lipinski definition) is 0. The zero-order valence-electron chi connectivity index (χ0n) is 6.09. The van der Waals surface area contributed by atoms with Crippen molar-refractivity contribution in [3.63, 3.8) is 0 Å². The topological polar surface area (TPSA) is 38.9 Å². The predicted molar refractivity (Wildman–Crippen MR) is 40.4 cm³/mol. The van der Waals surface area contributed by atoms with Crippen LogP contribution in [0.5, 0.6) is 0 Å². The Morgan fingerprint density at radius 3 is 2.73 bits per heavy atom. The molecule has 0 unspecified atom stereocenters. The maximum Gasteiger partial charge on any atom is 0.312 e. The third kappa shape index (κ3) is 1.53. The Labute approximate surface area is 69.8 Å². The van der Waals surface area contributed by atoms with Crippen LogP contribution in [0.3, 0.4) is 0 Å². The second-order valence-electron chi connectivity index (χ2n) is 2.95. The van der Waals surface area contributed by atoms with Crippen molar-refractivity contribution in [1.82, 2.24) is 10.2 Å². The van der Waals surface area contributed by atoms with E-state index in [-0.39, 0.29) is 5.35 Å². The molecule has 4 heteroatoms. The summed E-state index contributed by atoms with van der Waals surface area (Å²) in [7, 11) is 0. The van der Waals surface area contributed by atoms with E-state index in [1.807, 2.05) is 0 Å². The Balaban J connectivity index is 1.95. The van der Waals surface area contributed by atoms with Crippen LogP contribution in [-0.2, 0) is 6.42 Å². The minimum Gasteiger partial charge on any atom is -0.412 e. The Kier molecular flexibility index (Phi) is 1.82. The molecule has 2 rings (SSSR count). The minimum absolute atomic E-state index is 0.152. The summed E-state index contributed by atoms with van der Waals surface area (Å²) in [5, 5.41) is 7.52. The van der Waals surface area contributed by atoms with E-state index in [1.54, 1.807) is 0 Å². The molecule has 0 atom stereocenters.